The average molecular weight is 319 g/mol. The van der Waals surface area contributed by atoms with Crippen LogP contribution in [0.4, 0.5) is 11.4 Å². The summed E-state index contributed by atoms with van der Waals surface area (Å²) in [7, 11) is 1.56. The molecule has 0 aliphatic rings. The number of halogens is 1. The Morgan fingerprint density at radius 3 is 2.59 bits per heavy atom. The zero-order valence-electron chi connectivity index (χ0n) is 12.9. The van der Waals surface area contributed by atoms with Crippen LogP contribution in [0.15, 0.2) is 36.4 Å². The molecule has 4 nitrogen and oxygen atoms in total. The highest BCUT2D eigenvalue weighted by Gasteiger charge is 2.06. The Morgan fingerprint density at radius 2 is 1.95 bits per heavy atom. The minimum absolute atomic E-state index is 0.112. The van der Waals surface area contributed by atoms with Crippen LogP contribution in [-0.4, -0.2) is 19.6 Å². The summed E-state index contributed by atoms with van der Waals surface area (Å²) in [6.45, 7) is 4.16. The summed E-state index contributed by atoms with van der Waals surface area (Å²) in [5.41, 5.74) is 3.80. The van der Waals surface area contributed by atoms with Gasteiger partial charge in [-0.05, 0) is 43.7 Å². The first-order valence-electron chi connectivity index (χ1n) is 6.94. The Labute approximate surface area is 135 Å². The number of rotatable bonds is 5. The number of anilines is 2. The fourth-order valence-electron chi connectivity index (χ4n) is 2.11. The van der Waals surface area contributed by atoms with Crippen molar-refractivity contribution in [3.8, 4) is 5.75 Å². The molecule has 0 aliphatic carbocycles. The first kappa shape index (κ1) is 16.2. The Bertz CT molecular complexity index is 686. The number of carbonyl (C=O) groups excluding carboxylic acids is 1. The van der Waals surface area contributed by atoms with Gasteiger partial charge in [0, 0.05) is 11.4 Å². The molecule has 0 unspecified atom stereocenters. The SMILES string of the molecule is COc1ccc(NCC(=O)Nc2ccc(C)cc2C)cc1Cl. The standard InChI is InChI=1S/C17H19ClN2O2/c1-11-4-6-15(12(2)8-11)20-17(21)10-19-13-5-7-16(22-3)14(18)9-13/h4-9,19H,10H2,1-3H3,(H,20,21). The van der Waals surface area contributed by atoms with Crippen molar-refractivity contribution in [2.24, 2.45) is 0 Å². The number of amides is 1. The molecule has 116 valence electrons. The highest BCUT2D eigenvalue weighted by atomic mass is 35.5. The van der Waals surface area contributed by atoms with Gasteiger partial charge in [-0.15, -0.1) is 0 Å². The van der Waals surface area contributed by atoms with Crippen LogP contribution in [0, 0.1) is 13.8 Å². The smallest absolute Gasteiger partial charge is 0.243 e. The number of carbonyl (C=O) groups is 1. The highest BCUT2D eigenvalue weighted by Crippen LogP contribution is 2.27. The first-order valence-corrected chi connectivity index (χ1v) is 7.32. The second-order valence-corrected chi connectivity index (χ2v) is 5.48. The van der Waals surface area contributed by atoms with Crippen molar-refractivity contribution in [3.05, 3.63) is 52.5 Å². The fraction of sp³-hybridized carbons (Fsp3) is 0.235. The number of benzene rings is 2. The molecule has 0 saturated carbocycles. The molecule has 0 saturated heterocycles. The van der Waals surface area contributed by atoms with E-state index in [0.717, 1.165) is 16.9 Å². The van der Waals surface area contributed by atoms with E-state index in [1.54, 1.807) is 19.2 Å². The number of methoxy groups -OCH3 is 1. The summed E-state index contributed by atoms with van der Waals surface area (Å²) in [6, 6.07) is 11.2. The molecule has 1 amide bonds. The maximum absolute atomic E-state index is 12.0. The van der Waals surface area contributed by atoms with Gasteiger partial charge in [-0.25, -0.2) is 0 Å². The van der Waals surface area contributed by atoms with Crippen LogP contribution >= 0.6 is 11.6 Å². The van der Waals surface area contributed by atoms with Crippen molar-refractivity contribution in [1.29, 1.82) is 0 Å². The largest absolute Gasteiger partial charge is 0.495 e. The molecule has 0 radical (unpaired) electrons. The van der Waals surface area contributed by atoms with E-state index < -0.39 is 0 Å². The van der Waals surface area contributed by atoms with Crippen LogP contribution in [0.2, 0.25) is 5.02 Å². The molecule has 5 heteroatoms. The minimum atomic E-state index is -0.112. The third-order valence-electron chi connectivity index (χ3n) is 3.26. The molecule has 2 N–H and O–H groups in total. The van der Waals surface area contributed by atoms with Crippen molar-refractivity contribution in [1.82, 2.24) is 0 Å². The third kappa shape index (κ3) is 4.15. The number of ether oxygens (including phenoxy) is 1. The summed E-state index contributed by atoms with van der Waals surface area (Å²) < 4.78 is 5.09. The summed E-state index contributed by atoms with van der Waals surface area (Å²) in [4.78, 5) is 12.0. The van der Waals surface area contributed by atoms with Gasteiger partial charge in [0.15, 0.2) is 0 Å². The van der Waals surface area contributed by atoms with E-state index in [-0.39, 0.29) is 12.5 Å². The predicted molar refractivity (Wildman–Crippen MR) is 91.0 cm³/mol. The van der Waals surface area contributed by atoms with E-state index in [1.807, 2.05) is 38.1 Å². The molecule has 0 atom stereocenters. The van der Waals surface area contributed by atoms with E-state index in [1.165, 1.54) is 5.56 Å². The molecule has 0 bridgehead atoms. The van der Waals surface area contributed by atoms with Crippen molar-refractivity contribution >= 4 is 28.9 Å². The second-order valence-electron chi connectivity index (χ2n) is 5.07. The molecular formula is C17H19ClN2O2. The Kier molecular flexibility index (Phi) is 5.28. The molecule has 2 aromatic rings. The molecular weight excluding hydrogens is 300 g/mol. The van der Waals surface area contributed by atoms with E-state index in [4.69, 9.17) is 16.3 Å². The lowest BCUT2D eigenvalue weighted by atomic mass is 10.1. The third-order valence-corrected chi connectivity index (χ3v) is 3.56. The summed E-state index contributed by atoms with van der Waals surface area (Å²) in [5, 5.41) is 6.42. The summed E-state index contributed by atoms with van der Waals surface area (Å²) in [5.74, 6) is 0.492. The lowest BCUT2D eigenvalue weighted by Gasteiger charge is -2.11. The van der Waals surface area contributed by atoms with Crippen LogP contribution in [0.3, 0.4) is 0 Å². The monoisotopic (exact) mass is 318 g/mol. The molecule has 0 aromatic heterocycles. The summed E-state index contributed by atoms with van der Waals surface area (Å²) in [6.07, 6.45) is 0. The predicted octanol–water partition coefficient (Wildman–Crippen LogP) is 4.02. The molecule has 22 heavy (non-hydrogen) atoms. The molecule has 2 rings (SSSR count). The maximum atomic E-state index is 12.0. The van der Waals surface area contributed by atoms with Gasteiger partial charge >= 0.3 is 0 Å². The fourth-order valence-corrected chi connectivity index (χ4v) is 2.36. The Hall–Kier alpha value is -2.20. The number of hydrogen-bond donors (Lipinski definition) is 2. The van der Waals surface area contributed by atoms with Gasteiger partial charge in [-0.1, -0.05) is 29.3 Å². The van der Waals surface area contributed by atoms with E-state index >= 15 is 0 Å². The van der Waals surface area contributed by atoms with Crippen LogP contribution in [0.1, 0.15) is 11.1 Å². The average Bonchev–Trinajstić information content (AvgIpc) is 2.48. The van der Waals surface area contributed by atoms with Gasteiger partial charge in [0.05, 0.1) is 18.7 Å². The van der Waals surface area contributed by atoms with Crippen LogP contribution in [0.25, 0.3) is 0 Å². The Balaban J connectivity index is 1.94. The minimum Gasteiger partial charge on any atom is -0.495 e. The second kappa shape index (κ2) is 7.18. The normalized spacial score (nSPS) is 10.2. The van der Waals surface area contributed by atoms with Gasteiger partial charge in [0.2, 0.25) is 5.91 Å². The van der Waals surface area contributed by atoms with Crippen molar-refractivity contribution in [2.45, 2.75) is 13.8 Å². The maximum Gasteiger partial charge on any atom is 0.243 e. The molecule has 0 heterocycles. The van der Waals surface area contributed by atoms with E-state index in [2.05, 4.69) is 10.6 Å². The van der Waals surface area contributed by atoms with Crippen molar-refractivity contribution < 1.29 is 9.53 Å². The number of aryl methyl sites for hydroxylation is 2. The lowest BCUT2D eigenvalue weighted by Crippen LogP contribution is -2.22. The topological polar surface area (TPSA) is 50.4 Å². The van der Waals surface area contributed by atoms with E-state index in [9.17, 15) is 4.79 Å². The molecule has 2 aromatic carbocycles. The first-order chi connectivity index (χ1) is 10.5. The van der Waals surface area contributed by atoms with Crippen LogP contribution in [-0.2, 0) is 4.79 Å². The molecule has 0 fully saturated rings. The van der Waals surface area contributed by atoms with Gasteiger partial charge in [-0.3, -0.25) is 4.79 Å². The van der Waals surface area contributed by atoms with Gasteiger partial charge in [0.25, 0.3) is 0 Å². The van der Waals surface area contributed by atoms with Gasteiger partial charge in [-0.2, -0.15) is 0 Å². The summed E-state index contributed by atoms with van der Waals surface area (Å²) >= 11 is 6.04. The highest BCUT2D eigenvalue weighted by molar-refractivity contribution is 6.32. The van der Waals surface area contributed by atoms with Gasteiger partial charge in [0.1, 0.15) is 5.75 Å². The zero-order chi connectivity index (χ0) is 16.1. The Morgan fingerprint density at radius 1 is 1.18 bits per heavy atom. The van der Waals surface area contributed by atoms with Crippen LogP contribution < -0.4 is 15.4 Å². The zero-order valence-corrected chi connectivity index (χ0v) is 13.6. The lowest BCUT2D eigenvalue weighted by molar-refractivity contribution is -0.114. The van der Waals surface area contributed by atoms with Crippen molar-refractivity contribution in [3.63, 3.8) is 0 Å². The van der Waals surface area contributed by atoms with E-state index in [0.29, 0.717) is 10.8 Å². The molecule has 0 aliphatic heterocycles. The quantitative estimate of drug-likeness (QED) is 0.875. The molecule has 0 spiro atoms. The number of nitrogens with one attached hydrogen (secondary N) is 2. The van der Waals surface area contributed by atoms with Crippen molar-refractivity contribution in [2.75, 3.05) is 24.3 Å². The van der Waals surface area contributed by atoms with Crippen LogP contribution in [0.5, 0.6) is 5.75 Å². The number of hydrogen-bond acceptors (Lipinski definition) is 3. The van der Waals surface area contributed by atoms with Gasteiger partial charge < -0.3 is 15.4 Å².